The van der Waals surface area contributed by atoms with Crippen molar-refractivity contribution in [3.05, 3.63) is 48.3 Å². The predicted octanol–water partition coefficient (Wildman–Crippen LogP) is 4.57. The van der Waals surface area contributed by atoms with E-state index in [4.69, 9.17) is 4.74 Å². The van der Waals surface area contributed by atoms with E-state index in [0.29, 0.717) is 12.3 Å². The van der Waals surface area contributed by atoms with Gasteiger partial charge in [0.2, 0.25) is 0 Å². The average Bonchev–Trinajstić information content (AvgIpc) is 2.59. The fourth-order valence-electron chi connectivity index (χ4n) is 2.45. The first-order valence-electron chi connectivity index (χ1n) is 8.63. The molecule has 6 heteroatoms. The van der Waals surface area contributed by atoms with Crippen LogP contribution in [-0.4, -0.2) is 20.0 Å². The third kappa shape index (κ3) is 5.46. The SMILES string of the molecule is CCCCCOc1ccc(S(=O)(=O)Nc2cccnc2)cc1C(C)C. The van der Waals surface area contributed by atoms with Gasteiger partial charge in [-0.1, -0.05) is 33.6 Å². The number of hydrogen-bond donors (Lipinski definition) is 1. The number of ether oxygens (including phenoxy) is 1. The van der Waals surface area contributed by atoms with Gasteiger partial charge in [0.1, 0.15) is 5.75 Å². The van der Waals surface area contributed by atoms with Gasteiger partial charge >= 0.3 is 0 Å². The molecule has 1 heterocycles. The molecular formula is C19H26N2O3S. The van der Waals surface area contributed by atoms with Gasteiger partial charge in [0, 0.05) is 6.20 Å². The zero-order valence-corrected chi connectivity index (χ0v) is 15.8. The van der Waals surface area contributed by atoms with Crippen LogP contribution in [0.15, 0.2) is 47.6 Å². The normalized spacial score (nSPS) is 11.5. The molecular weight excluding hydrogens is 336 g/mol. The second-order valence-electron chi connectivity index (χ2n) is 6.26. The Kier molecular flexibility index (Phi) is 6.82. The molecule has 0 amide bonds. The zero-order valence-electron chi connectivity index (χ0n) is 15.0. The Hall–Kier alpha value is -2.08. The van der Waals surface area contributed by atoms with E-state index < -0.39 is 10.0 Å². The summed E-state index contributed by atoms with van der Waals surface area (Å²) < 4.78 is 33.6. The molecule has 0 fully saturated rings. The number of unbranched alkanes of at least 4 members (excludes halogenated alkanes) is 2. The molecule has 0 aliphatic rings. The summed E-state index contributed by atoms with van der Waals surface area (Å²) in [6.45, 7) is 6.85. The standard InChI is InChI=1S/C19H26N2O3S/c1-4-5-6-12-24-19-10-9-17(13-18(19)15(2)3)25(22,23)21-16-8-7-11-20-14-16/h7-11,13-15,21H,4-6,12H2,1-3H3. The predicted molar refractivity (Wildman–Crippen MR) is 101 cm³/mol. The third-order valence-corrected chi connectivity index (χ3v) is 5.21. The van der Waals surface area contributed by atoms with Gasteiger partial charge in [-0.25, -0.2) is 8.42 Å². The van der Waals surface area contributed by atoms with Crippen LogP contribution in [0.3, 0.4) is 0 Å². The molecule has 0 aliphatic heterocycles. The van der Waals surface area contributed by atoms with Crippen LogP contribution in [-0.2, 0) is 10.0 Å². The third-order valence-electron chi connectivity index (χ3n) is 3.83. The summed E-state index contributed by atoms with van der Waals surface area (Å²) in [5.41, 5.74) is 1.33. The van der Waals surface area contributed by atoms with Crippen LogP contribution in [0.1, 0.15) is 51.5 Å². The van der Waals surface area contributed by atoms with Crippen LogP contribution >= 0.6 is 0 Å². The Morgan fingerprint density at radius 3 is 2.64 bits per heavy atom. The highest BCUT2D eigenvalue weighted by Gasteiger charge is 2.18. The summed E-state index contributed by atoms with van der Waals surface area (Å²) in [6.07, 6.45) is 6.33. The van der Waals surface area contributed by atoms with E-state index in [1.807, 2.05) is 13.8 Å². The van der Waals surface area contributed by atoms with Gasteiger partial charge in [-0.15, -0.1) is 0 Å². The number of rotatable bonds is 9. The molecule has 1 N–H and O–H groups in total. The molecule has 0 aliphatic carbocycles. The van der Waals surface area contributed by atoms with E-state index in [1.165, 1.54) is 6.20 Å². The van der Waals surface area contributed by atoms with Gasteiger partial charge in [0.05, 0.1) is 23.4 Å². The topological polar surface area (TPSA) is 68.3 Å². The maximum Gasteiger partial charge on any atom is 0.261 e. The quantitative estimate of drug-likeness (QED) is 0.663. The van der Waals surface area contributed by atoms with Crippen LogP contribution in [0.5, 0.6) is 5.75 Å². The van der Waals surface area contributed by atoms with Gasteiger partial charge in [-0.2, -0.15) is 0 Å². The van der Waals surface area contributed by atoms with E-state index >= 15 is 0 Å². The van der Waals surface area contributed by atoms with Gasteiger partial charge < -0.3 is 4.74 Å². The molecule has 0 spiro atoms. The van der Waals surface area contributed by atoms with Crippen molar-refractivity contribution in [2.24, 2.45) is 0 Å². The Balaban J connectivity index is 2.22. The Morgan fingerprint density at radius 1 is 1.20 bits per heavy atom. The molecule has 1 aromatic heterocycles. The van der Waals surface area contributed by atoms with Crippen molar-refractivity contribution in [2.45, 2.75) is 50.8 Å². The highest BCUT2D eigenvalue weighted by Crippen LogP contribution is 2.30. The molecule has 0 radical (unpaired) electrons. The first-order valence-corrected chi connectivity index (χ1v) is 10.1. The van der Waals surface area contributed by atoms with E-state index in [1.54, 1.807) is 36.5 Å². The van der Waals surface area contributed by atoms with E-state index in [0.717, 1.165) is 30.6 Å². The largest absolute Gasteiger partial charge is 0.493 e. The molecule has 136 valence electrons. The minimum absolute atomic E-state index is 0.162. The maximum absolute atomic E-state index is 12.6. The minimum atomic E-state index is -3.66. The fraction of sp³-hybridized carbons (Fsp3) is 0.421. The van der Waals surface area contributed by atoms with Crippen LogP contribution in [0.2, 0.25) is 0 Å². The molecule has 1 aromatic carbocycles. The number of pyridine rings is 1. The molecule has 2 aromatic rings. The van der Waals surface area contributed by atoms with E-state index in [2.05, 4.69) is 16.6 Å². The minimum Gasteiger partial charge on any atom is -0.493 e. The number of aromatic nitrogens is 1. The second kappa shape index (κ2) is 8.85. The summed E-state index contributed by atoms with van der Waals surface area (Å²) in [5.74, 6) is 0.918. The van der Waals surface area contributed by atoms with E-state index in [9.17, 15) is 8.42 Å². The lowest BCUT2D eigenvalue weighted by molar-refractivity contribution is 0.302. The molecule has 5 nitrogen and oxygen atoms in total. The van der Waals surface area contributed by atoms with Crippen LogP contribution in [0.25, 0.3) is 0 Å². The van der Waals surface area contributed by atoms with Gasteiger partial charge in [0.25, 0.3) is 10.0 Å². The monoisotopic (exact) mass is 362 g/mol. The summed E-state index contributed by atoms with van der Waals surface area (Å²) in [7, 11) is -3.66. The van der Waals surface area contributed by atoms with Crippen molar-refractivity contribution in [2.75, 3.05) is 11.3 Å². The molecule has 25 heavy (non-hydrogen) atoms. The lowest BCUT2D eigenvalue weighted by atomic mass is 10.0. The van der Waals surface area contributed by atoms with Gasteiger partial charge in [0.15, 0.2) is 0 Å². The highest BCUT2D eigenvalue weighted by molar-refractivity contribution is 7.92. The van der Waals surface area contributed by atoms with Crippen LogP contribution in [0.4, 0.5) is 5.69 Å². The van der Waals surface area contributed by atoms with Crippen molar-refractivity contribution in [3.63, 3.8) is 0 Å². The Bertz CT molecular complexity index is 775. The van der Waals surface area contributed by atoms with Crippen molar-refractivity contribution in [1.29, 1.82) is 0 Å². The number of sulfonamides is 1. The number of nitrogens with zero attached hydrogens (tertiary/aromatic N) is 1. The zero-order chi connectivity index (χ0) is 18.3. The summed E-state index contributed by atoms with van der Waals surface area (Å²) >= 11 is 0. The molecule has 0 saturated heterocycles. The second-order valence-corrected chi connectivity index (χ2v) is 7.94. The van der Waals surface area contributed by atoms with Crippen molar-refractivity contribution >= 4 is 15.7 Å². The lowest BCUT2D eigenvalue weighted by Gasteiger charge is -2.16. The van der Waals surface area contributed by atoms with Gasteiger partial charge in [-0.3, -0.25) is 9.71 Å². The number of benzene rings is 1. The van der Waals surface area contributed by atoms with Crippen LogP contribution < -0.4 is 9.46 Å². The summed E-state index contributed by atoms with van der Waals surface area (Å²) in [5, 5.41) is 0. The molecule has 2 rings (SSSR count). The molecule has 0 bridgehead atoms. The maximum atomic E-state index is 12.6. The molecule has 0 atom stereocenters. The van der Waals surface area contributed by atoms with Crippen molar-refractivity contribution < 1.29 is 13.2 Å². The van der Waals surface area contributed by atoms with E-state index in [-0.39, 0.29) is 10.8 Å². The first-order chi connectivity index (χ1) is 11.9. The lowest BCUT2D eigenvalue weighted by Crippen LogP contribution is -2.14. The molecule has 0 unspecified atom stereocenters. The smallest absolute Gasteiger partial charge is 0.261 e. The first kappa shape index (κ1) is 19.2. The average molecular weight is 362 g/mol. The fourth-order valence-corrected chi connectivity index (χ4v) is 3.53. The summed E-state index contributed by atoms with van der Waals surface area (Å²) in [4.78, 5) is 4.15. The number of anilines is 1. The highest BCUT2D eigenvalue weighted by atomic mass is 32.2. The van der Waals surface area contributed by atoms with Gasteiger partial charge in [-0.05, 0) is 48.2 Å². The summed E-state index contributed by atoms with van der Waals surface area (Å²) in [6, 6.07) is 8.38. The number of hydrogen-bond acceptors (Lipinski definition) is 4. The number of nitrogens with one attached hydrogen (secondary N) is 1. The molecule has 0 saturated carbocycles. The van der Waals surface area contributed by atoms with Crippen molar-refractivity contribution in [3.8, 4) is 5.75 Å². The van der Waals surface area contributed by atoms with Crippen LogP contribution in [0, 0.1) is 0 Å². The Labute approximate surface area is 150 Å². The van der Waals surface area contributed by atoms with Crippen molar-refractivity contribution in [1.82, 2.24) is 4.98 Å². The Morgan fingerprint density at radius 2 is 2.00 bits per heavy atom.